The lowest BCUT2D eigenvalue weighted by atomic mass is 10.4. The third kappa shape index (κ3) is 4.30. The van der Waals surface area contributed by atoms with E-state index >= 15 is 0 Å². The Hall–Kier alpha value is 0.137. The Kier molecular flexibility index (Phi) is 5.37. The molecule has 0 amide bonds. The third-order valence-corrected chi connectivity index (χ3v) is 1.53. The third-order valence-electron chi connectivity index (χ3n) is 0.954. The fraction of sp³-hybridized carbons (Fsp3) is 1.00. The normalized spacial score (nSPS) is 14.2. The van der Waals surface area contributed by atoms with Gasteiger partial charge in [0, 0.05) is 16.8 Å². The Balaban J connectivity index is 2.92. The predicted octanol–water partition coefficient (Wildman–Crippen LogP) is -0.518. The monoisotopic (exact) mass is 133 g/mol. The highest BCUT2D eigenvalue weighted by molar-refractivity contribution is 6.08. The molecule has 0 aromatic rings. The van der Waals surface area contributed by atoms with Crippen LogP contribution in [-0.2, 0) is 4.74 Å². The second kappa shape index (κ2) is 5.28. The van der Waals surface area contributed by atoms with Crippen molar-refractivity contribution < 1.29 is 4.74 Å². The molecule has 0 aliphatic carbocycles. The van der Waals surface area contributed by atoms with E-state index in [1.807, 2.05) is 6.92 Å². The van der Waals surface area contributed by atoms with Crippen molar-refractivity contribution in [2.45, 2.75) is 25.6 Å². The molecule has 0 fully saturated rings. The van der Waals surface area contributed by atoms with Gasteiger partial charge < -0.3 is 10.5 Å². The molecule has 0 aliphatic rings. The Labute approximate surface area is 53.8 Å². The van der Waals surface area contributed by atoms with Crippen LogP contribution < -0.4 is 5.73 Å². The summed E-state index contributed by atoms with van der Waals surface area (Å²) in [7, 11) is 1.23. The first-order chi connectivity index (χ1) is 3.81. The fourth-order valence-electron chi connectivity index (χ4n) is 0.582. The van der Waals surface area contributed by atoms with Crippen LogP contribution in [0.5, 0.6) is 0 Å². The van der Waals surface area contributed by atoms with Crippen molar-refractivity contribution in [1.29, 1.82) is 0 Å². The van der Waals surface area contributed by atoms with Gasteiger partial charge in [0.2, 0.25) is 0 Å². The Morgan fingerprint density at radius 2 is 2.38 bits per heavy atom. The molecule has 2 nitrogen and oxygen atoms in total. The van der Waals surface area contributed by atoms with Gasteiger partial charge in [-0.25, -0.2) is 0 Å². The SMILES string of the molecule is CCOC(N)CC[SiH3]. The van der Waals surface area contributed by atoms with Crippen molar-refractivity contribution in [1.82, 2.24) is 0 Å². The molecule has 0 radical (unpaired) electrons. The summed E-state index contributed by atoms with van der Waals surface area (Å²) in [5.74, 6) is 0. The van der Waals surface area contributed by atoms with Gasteiger partial charge in [0.1, 0.15) is 6.23 Å². The van der Waals surface area contributed by atoms with E-state index < -0.39 is 0 Å². The summed E-state index contributed by atoms with van der Waals surface area (Å²) in [5.41, 5.74) is 5.49. The maximum absolute atomic E-state index is 5.49. The minimum absolute atomic E-state index is 0.00231. The van der Waals surface area contributed by atoms with Crippen LogP contribution in [-0.4, -0.2) is 23.1 Å². The molecule has 0 bridgehead atoms. The molecule has 0 rings (SSSR count). The average molecular weight is 133 g/mol. The molecular formula is C5H15NOSi. The average Bonchev–Trinajstić information content (AvgIpc) is 1.68. The first-order valence-corrected chi connectivity index (χ1v) is 4.59. The summed E-state index contributed by atoms with van der Waals surface area (Å²) in [6, 6.07) is 1.24. The van der Waals surface area contributed by atoms with Crippen LogP contribution in [0.25, 0.3) is 0 Å². The first-order valence-electron chi connectivity index (χ1n) is 3.18. The maximum Gasteiger partial charge on any atom is 0.105 e. The number of hydrogen-bond donors (Lipinski definition) is 1. The highest BCUT2D eigenvalue weighted by Crippen LogP contribution is 1.92. The van der Waals surface area contributed by atoms with Gasteiger partial charge >= 0.3 is 0 Å². The smallest absolute Gasteiger partial charge is 0.105 e. The topological polar surface area (TPSA) is 35.2 Å². The number of ether oxygens (including phenoxy) is 1. The number of nitrogens with two attached hydrogens (primary N) is 1. The second-order valence-corrected chi connectivity index (χ2v) is 2.78. The summed E-state index contributed by atoms with van der Waals surface area (Å²) in [4.78, 5) is 0. The van der Waals surface area contributed by atoms with Gasteiger partial charge in [-0.15, -0.1) is 0 Å². The molecule has 8 heavy (non-hydrogen) atoms. The molecule has 1 atom stereocenters. The van der Waals surface area contributed by atoms with E-state index in [1.165, 1.54) is 16.3 Å². The zero-order valence-electron chi connectivity index (χ0n) is 5.68. The van der Waals surface area contributed by atoms with E-state index in [-0.39, 0.29) is 6.23 Å². The van der Waals surface area contributed by atoms with E-state index in [2.05, 4.69) is 0 Å². The quantitative estimate of drug-likeness (QED) is 0.414. The predicted molar refractivity (Wildman–Crippen MR) is 39.0 cm³/mol. The molecule has 1 unspecified atom stereocenters. The van der Waals surface area contributed by atoms with Gasteiger partial charge in [-0.05, 0) is 13.3 Å². The minimum atomic E-state index is -0.00231. The fourth-order valence-corrected chi connectivity index (χ4v) is 1.15. The Bertz CT molecular complexity index is 45.7. The standard InChI is InChI=1S/C5H15NOSi/c1-2-7-5(6)3-4-8/h5H,2-4,6H2,1,8H3. The largest absolute Gasteiger partial charge is 0.364 e. The lowest BCUT2D eigenvalue weighted by molar-refractivity contribution is 0.0653. The number of hydrogen-bond acceptors (Lipinski definition) is 2. The molecule has 0 aliphatic heterocycles. The minimum Gasteiger partial charge on any atom is -0.364 e. The van der Waals surface area contributed by atoms with Gasteiger partial charge in [-0.3, -0.25) is 0 Å². The molecule has 0 saturated carbocycles. The molecule has 0 spiro atoms. The summed E-state index contributed by atoms with van der Waals surface area (Å²) >= 11 is 0. The van der Waals surface area contributed by atoms with Gasteiger partial charge in [0.15, 0.2) is 0 Å². The van der Waals surface area contributed by atoms with E-state index in [9.17, 15) is 0 Å². The number of rotatable bonds is 4. The Morgan fingerprint density at radius 1 is 1.75 bits per heavy atom. The van der Waals surface area contributed by atoms with E-state index in [0.29, 0.717) is 0 Å². The van der Waals surface area contributed by atoms with E-state index in [1.54, 1.807) is 0 Å². The van der Waals surface area contributed by atoms with Crippen LogP contribution >= 0.6 is 0 Å². The molecule has 0 aromatic carbocycles. The lowest BCUT2D eigenvalue weighted by Crippen LogP contribution is -2.23. The molecule has 0 saturated heterocycles. The molecule has 3 heteroatoms. The molecule has 0 aromatic heterocycles. The van der Waals surface area contributed by atoms with Crippen LogP contribution in [0.4, 0.5) is 0 Å². The summed E-state index contributed by atoms with van der Waals surface area (Å²) in [5, 5.41) is 0. The molecule has 0 heterocycles. The van der Waals surface area contributed by atoms with E-state index in [0.717, 1.165) is 13.0 Å². The Morgan fingerprint density at radius 3 is 2.75 bits per heavy atom. The van der Waals surface area contributed by atoms with Crippen LogP contribution in [0.15, 0.2) is 0 Å². The van der Waals surface area contributed by atoms with Crippen molar-refractivity contribution in [3.8, 4) is 0 Å². The summed E-state index contributed by atoms with van der Waals surface area (Å²) in [6.45, 7) is 2.70. The zero-order valence-corrected chi connectivity index (χ0v) is 7.68. The van der Waals surface area contributed by atoms with Crippen LogP contribution in [0.3, 0.4) is 0 Å². The summed E-state index contributed by atoms with van der Waals surface area (Å²) in [6.07, 6.45) is 1.03. The van der Waals surface area contributed by atoms with Crippen molar-refractivity contribution >= 4 is 10.2 Å². The van der Waals surface area contributed by atoms with Gasteiger partial charge in [0.25, 0.3) is 0 Å². The lowest BCUT2D eigenvalue weighted by Gasteiger charge is -2.08. The zero-order chi connectivity index (χ0) is 6.41. The second-order valence-electron chi connectivity index (χ2n) is 1.78. The van der Waals surface area contributed by atoms with Crippen LogP contribution in [0, 0.1) is 0 Å². The molecule has 2 N–H and O–H groups in total. The van der Waals surface area contributed by atoms with Crippen molar-refractivity contribution in [2.75, 3.05) is 6.61 Å². The van der Waals surface area contributed by atoms with Crippen LogP contribution in [0.1, 0.15) is 13.3 Å². The summed E-state index contributed by atoms with van der Waals surface area (Å²) < 4.78 is 5.08. The molecule has 50 valence electrons. The van der Waals surface area contributed by atoms with Crippen LogP contribution in [0.2, 0.25) is 6.04 Å². The maximum atomic E-state index is 5.49. The van der Waals surface area contributed by atoms with Crippen molar-refractivity contribution in [3.63, 3.8) is 0 Å². The highest BCUT2D eigenvalue weighted by Gasteiger charge is 1.95. The van der Waals surface area contributed by atoms with Gasteiger partial charge in [-0.2, -0.15) is 0 Å². The van der Waals surface area contributed by atoms with Crippen molar-refractivity contribution in [3.05, 3.63) is 0 Å². The van der Waals surface area contributed by atoms with Gasteiger partial charge in [0.05, 0.1) is 0 Å². The van der Waals surface area contributed by atoms with E-state index in [4.69, 9.17) is 10.5 Å². The first kappa shape index (κ1) is 8.14. The molecular weight excluding hydrogens is 118 g/mol. The van der Waals surface area contributed by atoms with Gasteiger partial charge in [-0.1, -0.05) is 6.04 Å². The highest BCUT2D eigenvalue weighted by atomic mass is 28.1. The van der Waals surface area contributed by atoms with Crippen molar-refractivity contribution in [2.24, 2.45) is 5.73 Å².